The van der Waals surface area contributed by atoms with Gasteiger partial charge in [-0.1, -0.05) is 263 Å². The quantitative estimate of drug-likeness (QED) is 0.0193. The van der Waals surface area contributed by atoms with Crippen molar-refractivity contribution in [3.63, 3.8) is 0 Å². The Morgan fingerprint density at radius 3 is 1.32 bits per heavy atom. The summed E-state index contributed by atoms with van der Waals surface area (Å²) in [5.74, 6) is -0.228. The largest absolute Gasteiger partial charge is 0.397 e. The summed E-state index contributed by atoms with van der Waals surface area (Å²) in [4.78, 5) is 13.2. The predicted octanol–water partition coefficient (Wildman–Crippen LogP) is 14.4. The van der Waals surface area contributed by atoms with E-state index in [-0.39, 0.29) is 12.5 Å². The van der Waals surface area contributed by atoms with Crippen LogP contribution in [0.1, 0.15) is 290 Å². The van der Waals surface area contributed by atoms with Gasteiger partial charge in [-0.05, 0) is 44.9 Å². The van der Waals surface area contributed by atoms with E-state index in [1.165, 1.54) is 205 Å². The summed E-state index contributed by atoms with van der Waals surface area (Å²) in [6.07, 6.45) is 51.8. The summed E-state index contributed by atoms with van der Waals surface area (Å²) < 4.78 is 47.9. The van der Waals surface area contributed by atoms with Gasteiger partial charge in [0.05, 0.1) is 25.4 Å². The second-order valence-electron chi connectivity index (χ2n) is 21.3. The molecular weight excluding hydrogens is 931 g/mol. The molecule has 7 unspecified atom stereocenters. The lowest BCUT2D eigenvalue weighted by atomic mass is 9.99. The molecular formula is C59H113NO11S. The average Bonchev–Trinajstić information content (AvgIpc) is 3.36. The Bertz CT molecular complexity index is 1370. The number of hydrogen-bond donors (Lipinski definition) is 6. The van der Waals surface area contributed by atoms with Gasteiger partial charge in [-0.2, -0.15) is 8.42 Å². The van der Waals surface area contributed by atoms with Crippen LogP contribution in [0.2, 0.25) is 0 Å². The van der Waals surface area contributed by atoms with Crippen molar-refractivity contribution in [3.8, 4) is 0 Å². The highest BCUT2D eigenvalue weighted by molar-refractivity contribution is 7.80. The van der Waals surface area contributed by atoms with Crippen molar-refractivity contribution < 1.29 is 51.8 Å². The van der Waals surface area contributed by atoms with E-state index in [0.717, 1.165) is 51.4 Å². The molecule has 1 saturated heterocycles. The molecule has 0 aliphatic carbocycles. The number of hydrogen-bond acceptors (Lipinski definition) is 10. The zero-order valence-electron chi connectivity index (χ0n) is 46.3. The van der Waals surface area contributed by atoms with Crippen LogP contribution in [-0.4, -0.2) is 95.4 Å². The molecule has 0 aromatic carbocycles. The highest BCUT2D eigenvalue weighted by Gasteiger charge is 2.48. The van der Waals surface area contributed by atoms with E-state index < -0.39 is 59.9 Å². The Hall–Kier alpha value is -1.42. The van der Waals surface area contributed by atoms with E-state index in [1.807, 2.05) is 0 Å². The Kier molecular flexibility index (Phi) is 46.8. The summed E-state index contributed by atoms with van der Waals surface area (Å²) >= 11 is 0. The molecule has 12 nitrogen and oxygen atoms in total. The molecule has 0 aromatic rings. The first kappa shape index (κ1) is 68.6. The number of unbranched alkanes of at least 4 members (excludes halogenated alkanes) is 37. The maximum absolute atomic E-state index is 13.2. The Balaban J connectivity index is 2.31. The fraction of sp³-hybridized carbons (Fsp3) is 0.915. The van der Waals surface area contributed by atoms with Crippen molar-refractivity contribution in [1.29, 1.82) is 0 Å². The standard InChI is InChI=1S/C59H113NO11S/c1-3-5-7-9-11-13-15-17-19-21-23-24-25-26-27-28-29-30-31-33-35-37-39-41-43-45-47-49-55(63)60-52(51-69-59-57(65)58(71-72(66,67)68)56(64)54(50-61)70-59)53(62)48-46-44-42-40-38-36-34-32-22-20-18-16-14-12-10-8-6-4-2/h23-24,26-27,52-54,56-59,61-62,64-65H,3-22,25,28-51H2,1-2H3,(H,60,63)(H,66,67,68)/b24-23-,27-26-. The third-order valence-electron chi connectivity index (χ3n) is 14.5. The summed E-state index contributed by atoms with van der Waals surface area (Å²) in [5.41, 5.74) is 0. The molecule has 6 N–H and O–H groups in total. The molecule has 0 bridgehead atoms. The highest BCUT2D eigenvalue weighted by atomic mass is 32.3. The zero-order chi connectivity index (χ0) is 52.6. The third-order valence-corrected chi connectivity index (χ3v) is 15.0. The van der Waals surface area contributed by atoms with Gasteiger partial charge in [-0.3, -0.25) is 9.35 Å². The van der Waals surface area contributed by atoms with Crippen molar-refractivity contribution >= 4 is 16.3 Å². The van der Waals surface area contributed by atoms with Crippen LogP contribution in [0.25, 0.3) is 0 Å². The molecule has 72 heavy (non-hydrogen) atoms. The molecule has 1 aliphatic rings. The van der Waals surface area contributed by atoms with Gasteiger partial charge in [-0.15, -0.1) is 0 Å². The number of aliphatic hydroxyl groups excluding tert-OH is 4. The van der Waals surface area contributed by atoms with E-state index in [9.17, 15) is 38.2 Å². The number of nitrogens with one attached hydrogen (secondary N) is 1. The lowest BCUT2D eigenvalue weighted by molar-refractivity contribution is -0.298. The van der Waals surface area contributed by atoms with Gasteiger partial charge in [0.25, 0.3) is 0 Å². The summed E-state index contributed by atoms with van der Waals surface area (Å²) in [6.45, 7) is 3.49. The summed E-state index contributed by atoms with van der Waals surface area (Å²) in [6, 6.07) is -0.859. The van der Waals surface area contributed by atoms with Gasteiger partial charge < -0.3 is 35.2 Å². The zero-order valence-corrected chi connectivity index (χ0v) is 47.1. The van der Waals surface area contributed by atoms with Gasteiger partial charge in [-0.25, -0.2) is 4.18 Å². The number of carbonyl (C=O) groups is 1. The smallest absolute Gasteiger partial charge is 0.394 e. The van der Waals surface area contributed by atoms with Crippen molar-refractivity contribution in [2.75, 3.05) is 13.2 Å². The van der Waals surface area contributed by atoms with Crippen LogP contribution in [0.15, 0.2) is 24.3 Å². The van der Waals surface area contributed by atoms with Crippen LogP contribution in [0, 0.1) is 0 Å². The lowest BCUT2D eigenvalue weighted by Crippen LogP contribution is -2.61. The number of aliphatic hydroxyl groups is 4. The van der Waals surface area contributed by atoms with Crippen molar-refractivity contribution in [1.82, 2.24) is 5.32 Å². The summed E-state index contributed by atoms with van der Waals surface area (Å²) in [5, 5.41) is 45.2. The molecule has 1 amide bonds. The maximum atomic E-state index is 13.2. The molecule has 1 heterocycles. The average molecular weight is 1040 g/mol. The Labute approximate surface area is 442 Å². The van der Waals surface area contributed by atoms with Crippen molar-refractivity contribution in [2.45, 2.75) is 333 Å². The first-order valence-corrected chi connectivity index (χ1v) is 31.6. The molecule has 1 aliphatic heterocycles. The first-order valence-electron chi connectivity index (χ1n) is 30.2. The maximum Gasteiger partial charge on any atom is 0.397 e. The number of amides is 1. The van der Waals surface area contributed by atoms with Crippen molar-refractivity contribution in [3.05, 3.63) is 24.3 Å². The van der Waals surface area contributed by atoms with E-state index >= 15 is 0 Å². The van der Waals surface area contributed by atoms with Crippen LogP contribution in [-0.2, 0) is 28.9 Å². The number of allylic oxidation sites excluding steroid dienone is 4. The van der Waals surface area contributed by atoms with E-state index in [4.69, 9.17) is 9.47 Å². The second kappa shape index (κ2) is 49.2. The monoisotopic (exact) mass is 1040 g/mol. The second-order valence-corrected chi connectivity index (χ2v) is 22.3. The Morgan fingerprint density at radius 2 is 0.931 bits per heavy atom. The topological polar surface area (TPSA) is 192 Å². The van der Waals surface area contributed by atoms with Crippen LogP contribution < -0.4 is 5.32 Å². The highest BCUT2D eigenvalue weighted by Crippen LogP contribution is 2.26. The molecule has 0 spiro atoms. The van der Waals surface area contributed by atoms with Crippen LogP contribution in [0.4, 0.5) is 0 Å². The van der Waals surface area contributed by atoms with Crippen LogP contribution in [0.3, 0.4) is 0 Å². The van der Waals surface area contributed by atoms with E-state index in [2.05, 4.69) is 47.7 Å². The lowest BCUT2D eigenvalue weighted by Gasteiger charge is -2.41. The van der Waals surface area contributed by atoms with Gasteiger partial charge >= 0.3 is 10.4 Å². The van der Waals surface area contributed by atoms with Gasteiger partial charge in [0, 0.05) is 6.42 Å². The molecule has 0 saturated carbocycles. The number of ether oxygens (including phenoxy) is 2. The van der Waals surface area contributed by atoms with Gasteiger partial charge in [0.2, 0.25) is 5.91 Å². The van der Waals surface area contributed by atoms with Crippen molar-refractivity contribution in [2.24, 2.45) is 0 Å². The molecule has 1 rings (SSSR count). The van der Waals surface area contributed by atoms with E-state index in [0.29, 0.717) is 19.3 Å². The first-order chi connectivity index (χ1) is 35.0. The molecule has 1 fully saturated rings. The minimum absolute atomic E-state index is 0.228. The summed E-state index contributed by atoms with van der Waals surface area (Å²) in [7, 11) is -5.08. The minimum atomic E-state index is -5.08. The van der Waals surface area contributed by atoms with Crippen LogP contribution in [0.5, 0.6) is 0 Å². The fourth-order valence-corrected chi connectivity index (χ4v) is 10.4. The molecule has 426 valence electrons. The third kappa shape index (κ3) is 40.8. The normalized spacial score (nSPS) is 19.5. The molecule has 7 atom stereocenters. The van der Waals surface area contributed by atoms with Gasteiger partial charge in [0.1, 0.15) is 24.4 Å². The van der Waals surface area contributed by atoms with Gasteiger partial charge in [0.15, 0.2) is 6.29 Å². The van der Waals surface area contributed by atoms with Crippen LogP contribution >= 0.6 is 0 Å². The fourth-order valence-electron chi connectivity index (χ4n) is 9.85. The molecule has 13 heteroatoms. The molecule has 0 aromatic heterocycles. The number of carbonyl (C=O) groups excluding carboxylic acids is 1. The minimum Gasteiger partial charge on any atom is -0.394 e. The predicted molar refractivity (Wildman–Crippen MR) is 296 cm³/mol. The SMILES string of the molecule is CCCCCCCCCCC/C=C\C/C=C\CCCCCCCCCCCCCC(=O)NC(COC1OC(CO)C(O)C(OS(=O)(=O)O)C1O)C(O)CCCCCCCCCCCCCCCCCCCC. The number of rotatable bonds is 53. The Morgan fingerprint density at radius 1 is 0.556 bits per heavy atom. The van der Waals surface area contributed by atoms with E-state index in [1.54, 1.807) is 0 Å². The molecule has 0 radical (unpaired) electrons.